The third kappa shape index (κ3) is 4.02. The van der Waals surface area contributed by atoms with Gasteiger partial charge in [0.05, 0.1) is 31.3 Å². The fourth-order valence-corrected chi connectivity index (χ4v) is 3.65. The van der Waals surface area contributed by atoms with Gasteiger partial charge in [0.25, 0.3) is 0 Å². The van der Waals surface area contributed by atoms with Crippen molar-refractivity contribution in [3.05, 3.63) is 85.0 Å². The number of aromatic nitrogens is 5. The molecule has 2 aromatic heterocycles. The second-order valence-electron chi connectivity index (χ2n) is 7.34. The van der Waals surface area contributed by atoms with Crippen LogP contribution >= 0.6 is 0 Å². The summed E-state index contributed by atoms with van der Waals surface area (Å²) in [4.78, 5) is 17.7. The molecular weight excluding hydrogens is 399 g/mol. The largest absolute Gasteiger partial charge is 0.442 e. The Morgan fingerprint density at radius 3 is 2.68 bits per heavy atom. The van der Waals surface area contributed by atoms with E-state index in [0.29, 0.717) is 30.9 Å². The first-order valence-electron chi connectivity index (χ1n) is 9.82. The van der Waals surface area contributed by atoms with Crippen molar-refractivity contribution in [2.45, 2.75) is 19.2 Å². The summed E-state index contributed by atoms with van der Waals surface area (Å²) in [6.07, 6.45) is 7.77. The molecule has 0 bridgehead atoms. The summed E-state index contributed by atoms with van der Waals surface area (Å²) in [5.74, 6) is -0.396. The number of benzene rings is 2. The van der Waals surface area contributed by atoms with Gasteiger partial charge in [0.2, 0.25) is 0 Å². The number of rotatable bonds is 6. The second-order valence-corrected chi connectivity index (χ2v) is 7.34. The van der Waals surface area contributed by atoms with Gasteiger partial charge in [-0.1, -0.05) is 29.5 Å². The number of carbonyl (C=O) groups excluding carboxylic acids is 1. The number of amides is 1. The molecule has 0 aliphatic carbocycles. The Labute approximate surface area is 177 Å². The van der Waals surface area contributed by atoms with E-state index >= 15 is 0 Å². The Morgan fingerprint density at radius 2 is 1.97 bits per heavy atom. The van der Waals surface area contributed by atoms with E-state index in [9.17, 15) is 9.18 Å². The molecule has 1 aliphatic heterocycles. The normalized spacial score (nSPS) is 16.0. The molecule has 0 spiro atoms. The molecule has 3 heterocycles. The van der Waals surface area contributed by atoms with Crippen molar-refractivity contribution < 1.29 is 13.9 Å². The van der Waals surface area contributed by atoms with Gasteiger partial charge in [-0.2, -0.15) is 0 Å². The Balaban J connectivity index is 1.30. The predicted octanol–water partition coefficient (Wildman–Crippen LogP) is 3.35. The first-order chi connectivity index (χ1) is 15.2. The van der Waals surface area contributed by atoms with Crippen molar-refractivity contribution in [3.63, 3.8) is 0 Å². The van der Waals surface area contributed by atoms with Crippen LogP contribution in [0.5, 0.6) is 0 Å². The number of nitrogens with zero attached hydrogens (tertiary/aromatic N) is 6. The topological polar surface area (TPSA) is 78.1 Å². The van der Waals surface area contributed by atoms with E-state index in [1.807, 2.05) is 35.0 Å². The van der Waals surface area contributed by atoms with Crippen LogP contribution < -0.4 is 4.90 Å². The summed E-state index contributed by atoms with van der Waals surface area (Å²) in [5, 5.41) is 7.62. The molecule has 156 valence electrons. The van der Waals surface area contributed by atoms with E-state index in [2.05, 4.69) is 15.3 Å². The van der Waals surface area contributed by atoms with Crippen molar-refractivity contribution in [3.8, 4) is 11.1 Å². The highest BCUT2D eigenvalue weighted by Gasteiger charge is 2.33. The van der Waals surface area contributed by atoms with Crippen molar-refractivity contribution in [2.75, 3.05) is 11.4 Å². The maximum atomic E-state index is 14.9. The molecule has 2 aromatic carbocycles. The Bertz CT molecular complexity index is 1180. The maximum Gasteiger partial charge on any atom is 0.414 e. The molecule has 0 unspecified atom stereocenters. The van der Waals surface area contributed by atoms with Crippen LogP contribution in [0.15, 0.2) is 73.6 Å². The smallest absolute Gasteiger partial charge is 0.414 e. The van der Waals surface area contributed by atoms with Crippen molar-refractivity contribution >= 4 is 11.8 Å². The number of cyclic esters (lactones) is 1. The number of ether oxygens (including phenoxy) is 1. The van der Waals surface area contributed by atoms with Crippen LogP contribution in [0.2, 0.25) is 0 Å². The van der Waals surface area contributed by atoms with Crippen molar-refractivity contribution in [2.24, 2.45) is 0 Å². The molecule has 1 fully saturated rings. The maximum absolute atomic E-state index is 14.9. The van der Waals surface area contributed by atoms with E-state index in [-0.39, 0.29) is 6.10 Å². The van der Waals surface area contributed by atoms with Gasteiger partial charge in [-0.25, -0.2) is 18.9 Å². The lowest BCUT2D eigenvalue weighted by Gasteiger charge is -2.14. The summed E-state index contributed by atoms with van der Waals surface area (Å²) >= 11 is 0. The molecule has 4 aromatic rings. The summed E-state index contributed by atoms with van der Waals surface area (Å²) in [7, 11) is 0. The molecule has 8 nitrogen and oxygen atoms in total. The fraction of sp³-hybridized carbons (Fsp3) is 0.182. The van der Waals surface area contributed by atoms with Gasteiger partial charge in [0.15, 0.2) is 0 Å². The zero-order valence-corrected chi connectivity index (χ0v) is 16.5. The van der Waals surface area contributed by atoms with Gasteiger partial charge in [-0.15, -0.1) is 5.10 Å². The minimum Gasteiger partial charge on any atom is -0.442 e. The number of carbonyl (C=O) groups is 1. The highest BCUT2D eigenvalue weighted by Crippen LogP contribution is 2.29. The Hall–Kier alpha value is -4.01. The number of hydrogen-bond acceptors (Lipinski definition) is 5. The average molecular weight is 418 g/mol. The number of hydrogen-bond donors (Lipinski definition) is 0. The van der Waals surface area contributed by atoms with Gasteiger partial charge in [-0.3, -0.25) is 4.90 Å². The first-order valence-corrected chi connectivity index (χ1v) is 9.82. The van der Waals surface area contributed by atoms with Gasteiger partial charge in [0.1, 0.15) is 11.9 Å². The first kappa shape index (κ1) is 19.0. The third-order valence-electron chi connectivity index (χ3n) is 5.19. The summed E-state index contributed by atoms with van der Waals surface area (Å²) in [6.45, 7) is 1.42. The Morgan fingerprint density at radius 1 is 1.10 bits per heavy atom. The summed E-state index contributed by atoms with van der Waals surface area (Å²) in [5.41, 5.74) is 2.80. The molecular formula is C22H19FN6O2. The minimum absolute atomic E-state index is 0.320. The zero-order chi connectivity index (χ0) is 21.2. The molecule has 1 aliphatic rings. The standard InChI is InChI=1S/C22H19FN6O2/c23-21-11-18(29-14-19(31-22(29)30)13-28-10-8-25-26-28)5-6-20(21)17-3-1-16(2-4-17)12-27-9-7-24-15-27/h1-11,15,19H,12-14H2/t19-/m0/s1. The molecule has 1 amide bonds. The second kappa shape index (κ2) is 8.02. The average Bonchev–Trinajstić information content (AvgIpc) is 3.52. The highest BCUT2D eigenvalue weighted by molar-refractivity contribution is 5.90. The summed E-state index contributed by atoms with van der Waals surface area (Å²) < 4.78 is 23.9. The number of anilines is 1. The molecule has 5 rings (SSSR count). The van der Waals surface area contributed by atoms with Gasteiger partial charge in [0, 0.05) is 30.7 Å². The molecule has 0 saturated carbocycles. The van der Waals surface area contributed by atoms with Crippen LogP contribution in [0.4, 0.5) is 14.9 Å². The molecule has 0 N–H and O–H groups in total. The molecule has 0 radical (unpaired) electrons. The van der Waals surface area contributed by atoms with Crippen molar-refractivity contribution in [1.82, 2.24) is 24.5 Å². The van der Waals surface area contributed by atoms with Gasteiger partial charge >= 0.3 is 6.09 Å². The van der Waals surface area contributed by atoms with E-state index < -0.39 is 11.9 Å². The lowest BCUT2D eigenvalue weighted by molar-refractivity contribution is 0.129. The molecule has 1 atom stereocenters. The van der Waals surface area contributed by atoms with Crippen LogP contribution in [0.25, 0.3) is 11.1 Å². The monoisotopic (exact) mass is 418 g/mol. The quantitative estimate of drug-likeness (QED) is 0.480. The summed E-state index contributed by atoms with van der Waals surface area (Å²) in [6, 6.07) is 12.5. The van der Waals surface area contributed by atoms with E-state index in [1.54, 1.807) is 41.7 Å². The molecule has 1 saturated heterocycles. The van der Waals surface area contributed by atoms with Crippen LogP contribution in [-0.2, 0) is 17.8 Å². The zero-order valence-electron chi connectivity index (χ0n) is 16.5. The van der Waals surface area contributed by atoms with E-state index in [4.69, 9.17) is 4.74 Å². The highest BCUT2D eigenvalue weighted by atomic mass is 19.1. The third-order valence-corrected chi connectivity index (χ3v) is 5.19. The van der Waals surface area contributed by atoms with Crippen LogP contribution in [0.3, 0.4) is 0 Å². The van der Waals surface area contributed by atoms with E-state index in [1.165, 1.54) is 11.0 Å². The fourth-order valence-electron chi connectivity index (χ4n) is 3.65. The van der Waals surface area contributed by atoms with Crippen molar-refractivity contribution in [1.29, 1.82) is 0 Å². The van der Waals surface area contributed by atoms with Crippen LogP contribution in [-0.4, -0.2) is 43.3 Å². The predicted molar refractivity (Wildman–Crippen MR) is 111 cm³/mol. The van der Waals surface area contributed by atoms with Crippen LogP contribution in [0.1, 0.15) is 5.56 Å². The molecule has 31 heavy (non-hydrogen) atoms. The number of imidazole rings is 1. The van der Waals surface area contributed by atoms with Crippen LogP contribution in [0, 0.1) is 5.82 Å². The minimum atomic E-state index is -0.499. The van der Waals surface area contributed by atoms with E-state index in [0.717, 1.165) is 11.1 Å². The lowest BCUT2D eigenvalue weighted by Crippen LogP contribution is -2.26. The van der Waals surface area contributed by atoms with Gasteiger partial charge < -0.3 is 9.30 Å². The number of halogens is 1. The Kier molecular flexibility index (Phi) is 4.91. The lowest BCUT2D eigenvalue weighted by atomic mass is 10.0. The van der Waals surface area contributed by atoms with Gasteiger partial charge in [-0.05, 0) is 29.3 Å². The SMILES string of the molecule is O=C1O[C@@H](Cn2ccnn2)CN1c1ccc(-c2ccc(Cn3ccnc3)cc2)c(F)c1. The molecule has 9 heteroatoms.